The number of nitrogens with two attached hydrogens (primary N) is 1. The maximum absolute atomic E-state index is 9.14. The summed E-state index contributed by atoms with van der Waals surface area (Å²) in [7, 11) is 0. The number of fused-ring (bicyclic) bond motifs is 1. The van der Waals surface area contributed by atoms with E-state index in [0.717, 1.165) is 16.6 Å². The Morgan fingerprint density at radius 1 is 1.44 bits per heavy atom. The van der Waals surface area contributed by atoms with Crippen molar-refractivity contribution in [3.05, 3.63) is 23.8 Å². The molecule has 1 unspecified atom stereocenters. The van der Waals surface area contributed by atoms with Crippen molar-refractivity contribution < 1.29 is 5.11 Å². The van der Waals surface area contributed by atoms with Gasteiger partial charge >= 0.3 is 0 Å². The van der Waals surface area contributed by atoms with Crippen molar-refractivity contribution in [1.82, 2.24) is 15.0 Å². The molecule has 0 amide bonds. The molecule has 1 atom stereocenters. The van der Waals surface area contributed by atoms with E-state index >= 15 is 0 Å². The van der Waals surface area contributed by atoms with E-state index < -0.39 is 0 Å². The lowest BCUT2D eigenvalue weighted by molar-refractivity contribution is 0.268. The van der Waals surface area contributed by atoms with E-state index in [1.807, 2.05) is 36.7 Å². The molecule has 0 spiro atoms. The van der Waals surface area contributed by atoms with E-state index in [9.17, 15) is 0 Å². The number of rotatable bonds is 3. The van der Waals surface area contributed by atoms with Crippen LogP contribution in [0.3, 0.4) is 0 Å². The highest BCUT2D eigenvalue weighted by Crippen LogP contribution is 2.23. The fourth-order valence-electron chi connectivity index (χ4n) is 1.78. The van der Waals surface area contributed by atoms with Crippen LogP contribution in [0.1, 0.15) is 31.5 Å². The normalized spacial score (nSPS) is 13.6. The summed E-state index contributed by atoms with van der Waals surface area (Å²) in [5.74, 6) is 0. The summed E-state index contributed by atoms with van der Waals surface area (Å²) in [6.07, 6.45) is 0. The number of hydrogen-bond donors (Lipinski definition) is 2. The lowest BCUT2D eigenvalue weighted by Gasteiger charge is -2.13. The van der Waals surface area contributed by atoms with Crippen molar-refractivity contribution in [2.24, 2.45) is 5.73 Å². The Bertz CT molecular complexity index is 492. The summed E-state index contributed by atoms with van der Waals surface area (Å²) in [6.45, 7) is 3.99. The molecule has 0 fully saturated rings. The van der Waals surface area contributed by atoms with Gasteiger partial charge in [0.15, 0.2) is 0 Å². The third-order valence-corrected chi connectivity index (χ3v) is 2.61. The first kappa shape index (κ1) is 11.0. The van der Waals surface area contributed by atoms with Crippen LogP contribution in [0.15, 0.2) is 18.2 Å². The van der Waals surface area contributed by atoms with Gasteiger partial charge in [0.1, 0.15) is 5.52 Å². The number of para-hydroxylation sites is 1. The van der Waals surface area contributed by atoms with Gasteiger partial charge in [-0.2, -0.15) is 0 Å². The van der Waals surface area contributed by atoms with Crippen molar-refractivity contribution in [1.29, 1.82) is 0 Å². The molecule has 86 valence electrons. The summed E-state index contributed by atoms with van der Waals surface area (Å²) < 4.78 is 1.83. The minimum Gasteiger partial charge on any atom is -0.394 e. The standard InChI is InChI=1S/C11H16N4O/c1-7(2)15-11-8(9(12)6-16)4-3-5-10(11)13-14-15/h3-5,7,9,16H,6,12H2,1-2H3. The molecule has 5 heteroatoms. The molecule has 3 N–H and O–H groups in total. The van der Waals surface area contributed by atoms with Gasteiger partial charge in [-0.05, 0) is 25.5 Å². The summed E-state index contributed by atoms with van der Waals surface area (Å²) in [5, 5.41) is 17.3. The van der Waals surface area contributed by atoms with Gasteiger partial charge in [0, 0.05) is 6.04 Å². The maximum atomic E-state index is 9.14. The lowest BCUT2D eigenvalue weighted by Crippen LogP contribution is -2.16. The van der Waals surface area contributed by atoms with Crippen molar-refractivity contribution in [3.63, 3.8) is 0 Å². The Balaban J connectivity index is 2.68. The highest BCUT2D eigenvalue weighted by Gasteiger charge is 2.15. The predicted molar refractivity (Wildman–Crippen MR) is 61.9 cm³/mol. The first-order valence-corrected chi connectivity index (χ1v) is 5.35. The molecule has 0 aliphatic rings. The van der Waals surface area contributed by atoms with Crippen LogP contribution in [-0.2, 0) is 0 Å². The van der Waals surface area contributed by atoms with Crippen LogP contribution in [-0.4, -0.2) is 26.7 Å². The first-order chi connectivity index (χ1) is 7.65. The molecule has 0 bridgehead atoms. The van der Waals surface area contributed by atoms with Gasteiger partial charge in [-0.1, -0.05) is 17.3 Å². The lowest BCUT2D eigenvalue weighted by atomic mass is 10.1. The van der Waals surface area contributed by atoms with E-state index in [4.69, 9.17) is 10.8 Å². The van der Waals surface area contributed by atoms with Crippen LogP contribution in [0.4, 0.5) is 0 Å². The second-order valence-electron chi connectivity index (χ2n) is 4.13. The molecule has 2 aromatic rings. The maximum Gasteiger partial charge on any atom is 0.113 e. The number of benzene rings is 1. The average molecular weight is 220 g/mol. The Hall–Kier alpha value is -1.46. The zero-order valence-electron chi connectivity index (χ0n) is 9.46. The molecule has 5 nitrogen and oxygen atoms in total. The molecule has 0 radical (unpaired) electrons. The zero-order valence-corrected chi connectivity index (χ0v) is 9.46. The van der Waals surface area contributed by atoms with Crippen molar-refractivity contribution in [2.75, 3.05) is 6.61 Å². The Morgan fingerprint density at radius 3 is 2.81 bits per heavy atom. The van der Waals surface area contributed by atoms with E-state index in [2.05, 4.69) is 10.3 Å². The fraction of sp³-hybridized carbons (Fsp3) is 0.455. The van der Waals surface area contributed by atoms with Gasteiger partial charge in [-0.3, -0.25) is 0 Å². The molecule has 2 rings (SSSR count). The van der Waals surface area contributed by atoms with Gasteiger partial charge in [-0.25, -0.2) is 4.68 Å². The smallest absolute Gasteiger partial charge is 0.113 e. The Morgan fingerprint density at radius 2 is 2.19 bits per heavy atom. The van der Waals surface area contributed by atoms with Crippen molar-refractivity contribution >= 4 is 11.0 Å². The number of nitrogens with zero attached hydrogens (tertiary/aromatic N) is 3. The molecule has 0 aliphatic heterocycles. The number of hydrogen-bond acceptors (Lipinski definition) is 4. The quantitative estimate of drug-likeness (QED) is 0.809. The molecular formula is C11H16N4O. The van der Waals surface area contributed by atoms with E-state index in [1.54, 1.807) is 0 Å². The molecule has 1 heterocycles. The van der Waals surface area contributed by atoms with Gasteiger partial charge in [0.25, 0.3) is 0 Å². The molecular weight excluding hydrogens is 204 g/mol. The fourth-order valence-corrected chi connectivity index (χ4v) is 1.78. The summed E-state index contributed by atoms with van der Waals surface area (Å²) in [6, 6.07) is 5.52. The first-order valence-electron chi connectivity index (χ1n) is 5.35. The van der Waals surface area contributed by atoms with Gasteiger partial charge < -0.3 is 10.8 Å². The highest BCUT2D eigenvalue weighted by molar-refractivity contribution is 5.78. The SMILES string of the molecule is CC(C)n1nnc2cccc(C(N)CO)c21. The second kappa shape index (κ2) is 4.19. The van der Waals surface area contributed by atoms with Crippen LogP contribution < -0.4 is 5.73 Å². The number of aromatic nitrogens is 3. The molecule has 16 heavy (non-hydrogen) atoms. The van der Waals surface area contributed by atoms with Crippen molar-refractivity contribution in [3.8, 4) is 0 Å². The van der Waals surface area contributed by atoms with Crippen LogP contribution in [0.5, 0.6) is 0 Å². The van der Waals surface area contributed by atoms with Gasteiger partial charge in [0.2, 0.25) is 0 Å². The van der Waals surface area contributed by atoms with Gasteiger partial charge in [0.05, 0.1) is 18.2 Å². The average Bonchev–Trinajstić information content (AvgIpc) is 2.71. The minimum atomic E-state index is -0.389. The second-order valence-corrected chi connectivity index (χ2v) is 4.13. The van der Waals surface area contributed by atoms with E-state index in [-0.39, 0.29) is 18.7 Å². The van der Waals surface area contributed by atoms with Crippen LogP contribution in [0, 0.1) is 0 Å². The molecule has 0 aliphatic carbocycles. The summed E-state index contributed by atoms with van der Waals surface area (Å²) >= 11 is 0. The molecule has 0 saturated carbocycles. The Labute approximate surface area is 93.9 Å². The van der Waals surface area contributed by atoms with Crippen LogP contribution >= 0.6 is 0 Å². The summed E-state index contributed by atoms with van der Waals surface area (Å²) in [5.41, 5.74) is 8.49. The Kier molecular flexibility index (Phi) is 2.89. The number of aliphatic hydroxyl groups excluding tert-OH is 1. The third kappa shape index (κ3) is 1.68. The van der Waals surface area contributed by atoms with Crippen LogP contribution in [0.2, 0.25) is 0 Å². The predicted octanol–water partition coefficient (Wildman–Crippen LogP) is 1.00. The zero-order chi connectivity index (χ0) is 11.7. The van der Waals surface area contributed by atoms with E-state index in [0.29, 0.717) is 0 Å². The largest absolute Gasteiger partial charge is 0.394 e. The highest BCUT2D eigenvalue weighted by atomic mass is 16.3. The van der Waals surface area contributed by atoms with E-state index in [1.165, 1.54) is 0 Å². The minimum absolute atomic E-state index is 0.0810. The topological polar surface area (TPSA) is 77.0 Å². The molecule has 1 aromatic heterocycles. The molecule has 1 aromatic carbocycles. The monoisotopic (exact) mass is 220 g/mol. The van der Waals surface area contributed by atoms with Gasteiger partial charge in [-0.15, -0.1) is 5.10 Å². The van der Waals surface area contributed by atoms with Crippen LogP contribution in [0.25, 0.3) is 11.0 Å². The van der Waals surface area contributed by atoms with Crippen molar-refractivity contribution in [2.45, 2.75) is 25.9 Å². The molecule has 0 saturated heterocycles. The summed E-state index contributed by atoms with van der Waals surface area (Å²) in [4.78, 5) is 0. The third-order valence-electron chi connectivity index (χ3n) is 2.61. The number of aliphatic hydroxyl groups is 1.